The average molecular weight is 306 g/mol. The van der Waals surface area contributed by atoms with Gasteiger partial charge in [-0.05, 0) is 6.92 Å². The molecular weight excluding hydrogens is 296 g/mol. The normalized spacial score (nSPS) is 11.8. The Balaban J connectivity index is 2.17. The van der Waals surface area contributed by atoms with Crippen molar-refractivity contribution in [3.05, 3.63) is 26.4 Å². The monoisotopic (exact) mass is 306 g/mol. The van der Waals surface area contributed by atoms with Crippen LogP contribution >= 0.6 is 22.7 Å². The van der Waals surface area contributed by atoms with E-state index in [-0.39, 0.29) is 20.8 Å². The van der Waals surface area contributed by atoms with Gasteiger partial charge in [-0.25, -0.2) is 18.1 Å². The fourth-order valence-electron chi connectivity index (χ4n) is 1.29. The molecule has 98 valence electrons. The number of rotatable bonds is 4. The first kappa shape index (κ1) is 13.2. The Kier molecular flexibility index (Phi) is 3.52. The number of aryl methyl sites for hydroxylation is 1. The van der Waals surface area contributed by atoms with E-state index in [0.717, 1.165) is 22.7 Å². The summed E-state index contributed by atoms with van der Waals surface area (Å²) < 4.78 is 26.4. The van der Waals surface area contributed by atoms with E-state index in [4.69, 9.17) is 5.73 Å². The summed E-state index contributed by atoms with van der Waals surface area (Å²) in [4.78, 5) is 17.1. The highest BCUT2D eigenvalue weighted by Crippen LogP contribution is 2.24. The van der Waals surface area contributed by atoms with Gasteiger partial charge in [0.1, 0.15) is 0 Å². The summed E-state index contributed by atoms with van der Waals surface area (Å²) in [6.45, 7) is 1.60. The van der Waals surface area contributed by atoms with Crippen molar-refractivity contribution >= 4 is 37.8 Å². The molecule has 2 aromatic heterocycles. The van der Waals surface area contributed by atoms with Crippen molar-refractivity contribution in [1.29, 1.82) is 0 Å². The molecular formula is C8H10N4O3S3. The summed E-state index contributed by atoms with van der Waals surface area (Å²) in [5.41, 5.74) is 6.34. The highest BCUT2D eigenvalue weighted by atomic mass is 32.2. The third-order valence-corrected chi connectivity index (χ3v) is 5.75. The van der Waals surface area contributed by atoms with Crippen LogP contribution in [0.25, 0.3) is 0 Å². The minimum absolute atomic E-state index is 0.0261. The maximum atomic E-state index is 12.0. The van der Waals surface area contributed by atoms with Crippen molar-refractivity contribution in [2.75, 3.05) is 5.73 Å². The van der Waals surface area contributed by atoms with Gasteiger partial charge >= 0.3 is 4.87 Å². The summed E-state index contributed by atoms with van der Waals surface area (Å²) >= 11 is 1.89. The van der Waals surface area contributed by atoms with E-state index in [1.54, 1.807) is 12.3 Å². The van der Waals surface area contributed by atoms with Crippen LogP contribution in [0, 0.1) is 6.92 Å². The van der Waals surface area contributed by atoms with Gasteiger partial charge in [-0.3, -0.25) is 4.79 Å². The van der Waals surface area contributed by atoms with Crippen LogP contribution in [0.5, 0.6) is 0 Å². The molecule has 2 heterocycles. The number of H-pyrrole nitrogens is 1. The molecule has 0 aliphatic rings. The fraction of sp³-hybridized carbons (Fsp3) is 0.250. The molecule has 4 N–H and O–H groups in total. The van der Waals surface area contributed by atoms with Crippen LogP contribution in [-0.2, 0) is 16.6 Å². The SMILES string of the molecule is Cc1nc(N)sc1S(=O)(=O)NCc1csc(=O)[nH]1. The Morgan fingerprint density at radius 2 is 2.28 bits per heavy atom. The highest BCUT2D eigenvalue weighted by molar-refractivity contribution is 7.91. The number of nitrogens with one attached hydrogen (secondary N) is 2. The van der Waals surface area contributed by atoms with Crippen molar-refractivity contribution in [3.8, 4) is 0 Å². The number of anilines is 1. The molecule has 0 unspecified atom stereocenters. The van der Waals surface area contributed by atoms with Gasteiger partial charge in [0, 0.05) is 11.1 Å². The van der Waals surface area contributed by atoms with E-state index in [1.807, 2.05) is 0 Å². The first-order valence-corrected chi connectivity index (χ1v) is 7.95. The molecule has 10 heteroatoms. The lowest BCUT2D eigenvalue weighted by Crippen LogP contribution is -2.23. The maximum Gasteiger partial charge on any atom is 0.304 e. The largest absolute Gasteiger partial charge is 0.375 e. The zero-order valence-corrected chi connectivity index (χ0v) is 11.7. The molecule has 0 saturated heterocycles. The van der Waals surface area contributed by atoms with E-state index in [2.05, 4.69) is 14.7 Å². The number of sulfonamides is 1. The van der Waals surface area contributed by atoms with Crippen LogP contribution < -0.4 is 15.3 Å². The molecule has 0 saturated carbocycles. The van der Waals surface area contributed by atoms with Crippen LogP contribution in [0.15, 0.2) is 14.4 Å². The summed E-state index contributed by atoms with van der Waals surface area (Å²) in [7, 11) is -3.65. The van der Waals surface area contributed by atoms with E-state index in [1.165, 1.54) is 0 Å². The molecule has 0 bridgehead atoms. The van der Waals surface area contributed by atoms with Gasteiger partial charge in [0.2, 0.25) is 0 Å². The fourth-order valence-corrected chi connectivity index (χ4v) is 4.22. The number of nitrogens with two attached hydrogens (primary N) is 1. The number of thiazole rings is 2. The van der Waals surface area contributed by atoms with Gasteiger partial charge in [-0.1, -0.05) is 22.7 Å². The zero-order chi connectivity index (χ0) is 13.3. The number of hydrogen-bond acceptors (Lipinski definition) is 7. The lowest BCUT2D eigenvalue weighted by atomic mass is 10.5. The third-order valence-electron chi connectivity index (χ3n) is 2.04. The Morgan fingerprint density at radius 1 is 1.56 bits per heavy atom. The van der Waals surface area contributed by atoms with E-state index in [0.29, 0.717) is 11.4 Å². The van der Waals surface area contributed by atoms with Crippen molar-refractivity contribution in [2.24, 2.45) is 0 Å². The summed E-state index contributed by atoms with van der Waals surface area (Å²) in [6.07, 6.45) is 0. The molecule has 0 spiro atoms. The molecule has 7 nitrogen and oxygen atoms in total. The van der Waals surface area contributed by atoms with E-state index in [9.17, 15) is 13.2 Å². The van der Waals surface area contributed by atoms with Gasteiger partial charge in [0.05, 0.1) is 12.2 Å². The second-order valence-corrected chi connectivity index (χ2v) is 7.26. The average Bonchev–Trinajstić information content (AvgIpc) is 2.82. The molecule has 18 heavy (non-hydrogen) atoms. The summed E-state index contributed by atoms with van der Waals surface area (Å²) in [6, 6.07) is 0. The lowest BCUT2D eigenvalue weighted by molar-refractivity contribution is 0.582. The third kappa shape index (κ3) is 2.77. The van der Waals surface area contributed by atoms with E-state index >= 15 is 0 Å². The highest BCUT2D eigenvalue weighted by Gasteiger charge is 2.20. The van der Waals surface area contributed by atoms with E-state index < -0.39 is 10.0 Å². The molecule has 0 atom stereocenters. The van der Waals surface area contributed by atoms with Crippen LogP contribution in [0.1, 0.15) is 11.4 Å². The lowest BCUT2D eigenvalue weighted by Gasteiger charge is -2.03. The van der Waals surface area contributed by atoms with Crippen LogP contribution in [0.3, 0.4) is 0 Å². The first-order chi connectivity index (χ1) is 8.38. The molecule has 0 amide bonds. The molecule has 0 radical (unpaired) electrons. The van der Waals surface area contributed by atoms with Gasteiger partial charge in [0.25, 0.3) is 10.0 Å². The molecule has 0 aliphatic heterocycles. The standard InChI is InChI=1S/C8H10N4O3S3/c1-4-6(17-7(9)11-4)18(14,15)10-2-5-3-16-8(13)12-5/h3,10H,2H2,1H3,(H2,9,11)(H,12,13). The van der Waals surface area contributed by atoms with Crippen LogP contribution in [-0.4, -0.2) is 18.4 Å². The maximum absolute atomic E-state index is 12.0. The first-order valence-electron chi connectivity index (χ1n) is 4.78. The predicted molar refractivity (Wildman–Crippen MR) is 70.2 cm³/mol. The second kappa shape index (κ2) is 4.80. The van der Waals surface area contributed by atoms with Crippen LogP contribution in [0.2, 0.25) is 0 Å². The summed E-state index contributed by atoms with van der Waals surface area (Å²) in [5, 5.41) is 1.77. The predicted octanol–water partition coefficient (Wildman–Crippen LogP) is 0.262. The molecule has 2 rings (SSSR count). The molecule has 2 aromatic rings. The van der Waals surface area contributed by atoms with Gasteiger partial charge < -0.3 is 10.7 Å². The van der Waals surface area contributed by atoms with Crippen molar-refractivity contribution in [3.63, 3.8) is 0 Å². The molecule has 0 aromatic carbocycles. The molecule has 0 aliphatic carbocycles. The van der Waals surface area contributed by atoms with Crippen molar-refractivity contribution in [2.45, 2.75) is 17.7 Å². The quantitative estimate of drug-likeness (QED) is 0.749. The minimum atomic E-state index is -3.65. The number of nitrogens with zero attached hydrogens (tertiary/aromatic N) is 1. The second-order valence-electron chi connectivity index (χ2n) is 3.42. The summed E-state index contributed by atoms with van der Waals surface area (Å²) in [5.74, 6) is 0. The van der Waals surface area contributed by atoms with Gasteiger partial charge in [0.15, 0.2) is 9.34 Å². The van der Waals surface area contributed by atoms with Crippen molar-refractivity contribution < 1.29 is 8.42 Å². The Hall–Kier alpha value is -1.23. The van der Waals surface area contributed by atoms with Gasteiger partial charge in [-0.15, -0.1) is 0 Å². The number of aromatic amines is 1. The van der Waals surface area contributed by atoms with Crippen LogP contribution in [0.4, 0.5) is 5.13 Å². The Bertz CT molecular complexity index is 712. The van der Waals surface area contributed by atoms with Gasteiger partial charge in [-0.2, -0.15) is 0 Å². The number of hydrogen-bond donors (Lipinski definition) is 3. The zero-order valence-electron chi connectivity index (χ0n) is 9.26. The van der Waals surface area contributed by atoms with Crippen molar-refractivity contribution in [1.82, 2.24) is 14.7 Å². The Morgan fingerprint density at radius 3 is 2.78 bits per heavy atom. The minimum Gasteiger partial charge on any atom is -0.375 e. The number of aromatic nitrogens is 2. The smallest absolute Gasteiger partial charge is 0.304 e. The Labute approximate surface area is 111 Å². The molecule has 0 fully saturated rings. The topological polar surface area (TPSA) is 118 Å². The number of nitrogen functional groups attached to an aromatic ring is 1.